The molecule has 160 valence electrons. The summed E-state index contributed by atoms with van der Waals surface area (Å²) in [5.74, 6) is -1.54. The number of nitrogens with one attached hydrogen (secondary N) is 3. The number of hydrogen-bond donors (Lipinski definition) is 5. The van der Waals surface area contributed by atoms with Gasteiger partial charge in [-0.25, -0.2) is 0 Å². The number of rotatable bonds is 12. The number of primary amides is 1. The first-order chi connectivity index (χ1) is 13.7. The zero-order valence-corrected chi connectivity index (χ0v) is 17.5. The molecule has 0 bridgehead atoms. The highest BCUT2D eigenvalue weighted by molar-refractivity contribution is 7.98. The molecule has 7 N–H and O–H groups in total. The van der Waals surface area contributed by atoms with E-state index in [9.17, 15) is 19.2 Å². The molecule has 0 aromatic heterocycles. The highest BCUT2D eigenvalue weighted by Crippen LogP contribution is 2.06. The van der Waals surface area contributed by atoms with Crippen LogP contribution in [0.1, 0.15) is 18.9 Å². The zero-order valence-electron chi connectivity index (χ0n) is 16.6. The minimum absolute atomic E-state index is 0.216. The van der Waals surface area contributed by atoms with Gasteiger partial charge in [-0.05, 0) is 30.9 Å². The Morgan fingerprint density at radius 3 is 2.24 bits per heavy atom. The van der Waals surface area contributed by atoms with Crippen LogP contribution in [0.2, 0.25) is 0 Å². The molecule has 0 unspecified atom stereocenters. The lowest BCUT2D eigenvalue weighted by Gasteiger charge is -2.22. The van der Waals surface area contributed by atoms with Crippen LogP contribution in [-0.2, 0) is 25.6 Å². The molecular weight excluding hydrogens is 394 g/mol. The number of thioether (sulfide) groups is 1. The van der Waals surface area contributed by atoms with Gasteiger partial charge >= 0.3 is 0 Å². The summed E-state index contributed by atoms with van der Waals surface area (Å²) in [6.07, 6.45) is 2.49. The Labute approximate surface area is 174 Å². The van der Waals surface area contributed by atoms with E-state index in [2.05, 4.69) is 16.0 Å². The fourth-order valence-corrected chi connectivity index (χ4v) is 2.90. The molecule has 0 aliphatic rings. The van der Waals surface area contributed by atoms with Crippen LogP contribution >= 0.6 is 11.8 Å². The van der Waals surface area contributed by atoms with Crippen molar-refractivity contribution in [2.24, 2.45) is 11.5 Å². The van der Waals surface area contributed by atoms with Crippen LogP contribution in [0.25, 0.3) is 0 Å². The van der Waals surface area contributed by atoms with Crippen LogP contribution in [0.15, 0.2) is 30.3 Å². The van der Waals surface area contributed by atoms with Crippen LogP contribution in [0.3, 0.4) is 0 Å². The van der Waals surface area contributed by atoms with Gasteiger partial charge in [-0.1, -0.05) is 30.3 Å². The highest BCUT2D eigenvalue weighted by atomic mass is 32.2. The van der Waals surface area contributed by atoms with E-state index in [4.69, 9.17) is 11.5 Å². The van der Waals surface area contributed by atoms with Crippen molar-refractivity contribution in [1.82, 2.24) is 16.0 Å². The van der Waals surface area contributed by atoms with Crippen molar-refractivity contribution in [1.29, 1.82) is 0 Å². The molecule has 0 aliphatic heterocycles. The number of carbonyl (C=O) groups is 4. The third kappa shape index (κ3) is 9.44. The Morgan fingerprint density at radius 2 is 1.69 bits per heavy atom. The molecule has 0 saturated carbocycles. The highest BCUT2D eigenvalue weighted by Gasteiger charge is 2.26. The lowest BCUT2D eigenvalue weighted by atomic mass is 10.0. The van der Waals surface area contributed by atoms with Gasteiger partial charge in [0.2, 0.25) is 23.6 Å². The molecule has 0 aliphatic carbocycles. The van der Waals surface area contributed by atoms with E-state index in [1.54, 1.807) is 0 Å². The molecule has 0 fully saturated rings. The average molecular weight is 424 g/mol. The smallest absolute Gasteiger partial charge is 0.243 e. The maximum absolute atomic E-state index is 12.8. The molecule has 10 heteroatoms. The molecule has 29 heavy (non-hydrogen) atoms. The third-order valence-electron chi connectivity index (χ3n) is 4.04. The van der Waals surface area contributed by atoms with Crippen molar-refractivity contribution >= 4 is 35.4 Å². The topological polar surface area (TPSA) is 156 Å². The number of nitrogens with two attached hydrogens (primary N) is 2. The van der Waals surface area contributed by atoms with Crippen LogP contribution < -0.4 is 27.4 Å². The minimum atomic E-state index is -0.937. The van der Waals surface area contributed by atoms with E-state index in [1.165, 1.54) is 18.7 Å². The molecule has 1 aromatic rings. The standard InChI is InChI=1S/C19H29N5O4S/c1-12(20)18(27)22-11-16(25)23-15(10-13-6-4-3-5-7-13)19(28)24-14(17(21)26)8-9-29-2/h3-7,12,14-15H,8-11,20H2,1-2H3,(H2,21,26)(H,22,27)(H,23,25)(H,24,28)/t12-,14+,15-/m1/s1. The summed E-state index contributed by atoms with van der Waals surface area (Å²) in [5.41, 5.74) is 11.6. The molecule has 0 heterocycles. The van der Waals surface area contributed by atoms with Crippen molar-refractivity contribution in [2.45, 2.75) is 37.9 Å². The van der Waals surface area contributed by atoms with E-state index in [-0.39, 0.29) is 13.0 Å². The monoisotopic (exact) mass is 423 g/mol. The van der Waals surface area contributed by atoms with Crippen molar-refractivity contribution in [2.75, 3.05) is 18.6 Å². The second kappa shape index (κ2) is 12.8. The summed E-state index contributed by atoms with van der Waals surface area (Å²) >= 11 is 1.53. The Kier molecular flexibility index (Phi) is 10.8. The molecule has 4 amide bonds. The maximum Gasteiger partial charge on any atom is 0.243 e. The van der Waals surface area contributed by atoms with Crippen molar-refractivity contribution in [3.63, 3.8) is 0 Å². The molecule has 1 rings (SSSR count). The summed E-state index contributed by atoms with van der Waals surface area (Å²) in [6.45, 7) is 1.18. The first-order valence-corrected chi connectivity index (χ1v) is 10.6. The summed E-state index contributed by atoms with van der Waals surface area (Å²) in [5, 5.41) is 7.60. The van der Waals surface area contributed by atoms with E-state index in [0.29, 0.717) is 12.2 Å². The quantitative estimate of drug-likeness (QED) is 0.287. The summed E-state index contributed by atoms with van der Waals surface area (Å²) in [4.78, 5) is 48.2. The third-order valence-corrected chi connectivity index (χ3v) is 4.69. The maximum atomic E-state index is 12.8. The van der Waals surface area contributed by atoms with Crippen LogP contribution in [-0.4, -0.2) is 60.3 Å². The molecule has 3 atom stereocenters. The SMILES string of the molecule is CSCC[C@H](NC(=O)[C@@H](Cc1ccccc1)NC(=O)CNC(=O)[C@@H](C)N)C(N)=O. The Balaban J connectivity index is 2.83. The van der Waals surface area contributed by atoms with E-state index < -0.39 is 41.8 Å². The molecule has 0 saturated heterocycles. The summed E-state index contributed by atoms with van der Waals surface area (Å²) < 4.78 is 0. The average Bonchev–Trinajstić information content (AvgIpc) is 2.69. The van der Waals surface area contributed by atoms with Crippen LogP contribution in [0, 0.1) is 0 Å². The van der Waals surface area contributed by atoms with Crippen LogP contribution in [0.5, 0.6) is 0 Å². The Bertz CT molecular complexity index is 699. The summed E-state index contributed by atoms with van der Waals surface area (Å²) in [7, 11) is 0. The van der Waals surface area contributed by atoms with Crippen LogP contribution in [0.4, 0.5) is 0 Å². The van der Waals surface area contributed by atoms with Gasteiger partial charge in [-0.3, -0.25) is 19.2 Å². The first kappa shape index (κ1) is 24.4. The fraction of sp³-hybridized carbons (Fsp3) is 0.474. The second-order valence-corrected chi connectivity index (χ2v) is 7.55. The van der Waals surface area contributed by atoms with Gasteiger partial charge in [-0.2, -0.15) is 11.8 Å². The van der Waals surface area contributed by atoms with Gasteiger partial charge in [0, 0.05) is 6.42 Å². The molecule has 1 aromatic carbocycles. The number of carbonyl (C=O) groups excluding carboxylic acids is 4. The van der Waals surface area contributed by atoms with Gasteiger partial charge < -0.3 is 27.4 Å². The van der Waals surface area contributed by atoms with Gasteiger partial charge in [-0.15, -0.1) is 0 Å². The predicted molar refractivity (Wildman–Crippen MR) is 113 cm³/mol. The summed E-state index contributed by atoms with van der Waals surface area (Å²) in [6, 6.07) is 6.61. The van der Waals surface area contributed by atoms with Gasteiger partial charge in [0.1, 0.15) is 12.1 Å². The predicted octanol–water partition coefficient (Wildman–Crippen LogP) is -1.10. The molecule has 0 spiro atoms. The lowest BCUT2D eigenvalue weighted by molar-refractivity contribution is -0.131. The van der Waals surface area contributed by atoms with Crippen molar-refractivity contribution in [3.05, 3.63) is 35.9 Å². The molecular formula is C19H29N5O4S. The fourth-order valence-electron chi connectivity index (χ4n) is 2.43. The first-order valence-electron chi connectivity index (χ1n) is 9.19. The van der Waals surface area contributed by atoms with Gasteiger partial charge in [0.15, 0.2) is 0 Å². The second-order valence-electron chi connectivity index (χ2n) is 6.56. The number of benzene rings is 1. The largest absolute Gasteiger partial charge is 0.368 e. The van der Waals surface area contributed by atoms with Gasteiger partial charge in [0.05, 0.1) is 12.6 Å². The van der Waals surface area contributed by atoms with E-state index in [1.807, 2.05) is 36.6 Å². The van der Waals surface area contributed by atoms with Crippen molar-refractivity contribution in [3.8, 4) is 0 Å². The molecule has 0 radical (unpaired) electrons. The number of amides is 4. The Morgan fingerprint density at radius 1 is 1.03 bits per heavy atom. The van der Waals surface area contributed by atoms with E-state index >= 15 is 0 Å². The lowest BCUT2D eigenvalue weighted by Crippen LogP contribution is -2.55. The normalized spacial score (nSPS) is 13.6. The Hall–Kier alpha value is -2.59. The molecule has 9 nitrogen and oxygen atoms in total. The zero-order chi connectivity index (χ0) is 21.8. The minimum Gasteiger partial charge on any atom is -0.368 e. The van der Waals surface area contributed by atoms with Gasteiger partial charge in [0.25, 0.3) is 0 Å². The van der Waals surface area contributed by atoms with Crippen molar-refractivity contribution < 1.29 is 19.2 Å². The van der Waals surface area contributed by atoms with E-state index in [0.717, 1.165) is 5.56 Å². The number of hydrogen-bond acceptors (Lipinski definition) is 6.